The summed E-state index contributed by atoms with van der Waals surface area (Å²) in [6.07, 6.45) is 1.38. The van der Waals surface area contributed by atoms with E-state index in [9.17, 15) is 14.7 Å². The third-order valence-electron chi connectivity index (χ3n) is 2.53. The molecule has 0 unspecified atom stereocenters. The molecule has 84 valence electrons. The van der Waals surface area contributed by atoms with Crippen molar-refractivity contribution in [2.24, 2.45) is 0 Å². The lowest BCUT2D eigenvalue weighted by Crippen LogP contribution is -1.85. The van der Waals surface area contributed by atoms with Crippen LogP contribution in [0.15, 0.2) is 42.5 Å². The molecule has 2 aromatic carbocycles. The number of benzene rings is 2. The van der Waals surface area contributed by atoms with E-state index in [0.717, 1.165) is 17.4 Å². The van der Waals surface area contributed by atoms with Crippen molar-refractivity contribution in [3.63, 3.8) is 0 Å². The fraction of sp³-hybridized carbons (Fsp3) is 0. The van der Waals surface area contributed by atoms with Crippen LogP contribution in [0.5, 0.6) is 5.75 Å². The lowest BCUT2D eigenvalue weighted by molar-refractivity contribution is 0.111. The van der Waals surface area contributed by atoms with Crippen LogP contribution >= 0.6 is 0 Å². The van der Waals surface area contributed by atoms with E-state index >= 15 is 0 Å². The minimum absolute atomic E-state index is 0.0340. The summed E-state index contributed by atoms with van der Waals surface area (Å²) in [5.74, 6) is -0.0340. The number of aldehydes is 2. The van der Waals surface area contributed by atoms with Gasteiger partial charge in [0.15, 0.2) is 6.29 Å². The van der Waals surface area contributed by atoms with Gasteiger partial charge in [-0.05, 0) is 23.3 Å². The van der Waals surface area contributed by atoms with E-state index in [4.69, 9.17) is 0 Å². The first-order valence-corrected chi connectivity index (χ1v) is 5.08. The molecule has 3 heteroatoms. The molecule has 0 heterocycles. The van der Waals surface area contributed by atoms with Gasteiger partial charge in [-0.1, -0.05) is 30.3 Å². The second kappa shape index (κ2) is 4.61. The van der Waals surface area contributed by atoms with Crippen LogP contribution in [0.1, 0.15) is 20.7 Å². The van der Waals surface area contributed by atoms with E-state index < -0.39 is 0 Å². The van der Waals surface area contributed by atoms with Crippen LogP contribution in [0, 0.1) is 0 Å². The fourth-order valence-corrected chi connectivity index (χ4v) is 1.58. The molecule has 1 N–H and O–H groups in total. The van der Waals surface area contributed by atoms with Gasteiger partial charge in [0.2, 0.25) is 0 Å². The summed E-state index contributed by atoms with van der Waals surface area (Å²) in [6, 6.07) is 11.8. The Hall–Kier alpha value is -2.42. The van der Waals surface area contributed by atoms with Gasteiger partial charge in [0.25, 0.3) is 0 Å². The monoisotopic (exact) mass is 226 g/mol. The van der Waals surface area contributed by atoms with Crippen molar-refractivity contribution in [3.8, 4) is 16.9 Å². The Bertz CT molecular complexity index is 556. The number of phenolic OH excluding ortho intramolecular Hbond substituents is 1. The molecular weight excluding hydrogens is 216 g/mol. The zero-order chi connectivity index (χ0) is 12.3. The van der Waals surface area contributed by atoms with Gasteiger partial charge in [0, 0.05) is 5.56 Å². The summed E-state index contributed by atoms with van der Waals surface area (Å²) in [6.45, 7) is 0. The number of hydrogen-bond donors (Lipinski definition) is 1. The maximum absolute atomic E-state index is 10.7. The highest BCUT2D eigenvalue weighted by atomic mass is 16.3. The van der Waals surface area contributed by atoms with Gasteiger partial charge < -0.3 is 5.11 Å². The van der Waals surface area contributed by atoms with Crippen molar-refractivity contribution in [2.45, 2.75) is 0 Å². The summed E-state index contributed by atoms with van der Waals surface area (Å²) < 4.78 is 0. The number of phenols is 1. The van der Waals surface area contributed by atoms with Crippen LogP contribution in [0.4, 0.5) is 0 Å². The molecule has 0 bridgehead atoms. The van der Waals surface area contributed by atoms with Gasteiger partial charge >= 0.3 is 0 Å². The molecule has 0 saturated carbocycles. The van der Waals surface area contributed by atoms with Crippen molar-refractivity contribution >= 4 is 12.6 Å². The Balaban J connectivity index is 2.45. The number of rotatable bonds is 3. The van der Waals surface area contributed by atoms with E-state index in [2.05, 4.69) is 0 Å². The van der Waals surface area contributed by atoms with Crippen LogP contribution in [-0.4, -0.2) is 17.7 Å². The average molecular weight is 226 g/mol. The summed E-state index contributed by atoms with van der Waals surface area (Å²) >= 11 is 0. The minimum Gasteiger partial charge on any atom is -0.507 e. The van der Waals surface area contributed by atoms with Crippen LogP contribution < -0.4 is 0 Å². The molecule has 2 rings (SSSR count). The molecule has 0 aromatic heterocycles. The maximum atomic E-state index is 10.7. The van der Waals surface area contributed by atoms with Crippen molar-refractivity contribution in [2.75, 3.05) is 0 Å². The predicted molar refractivity (Wildman–Crippen MR) is 64.3 cm³/mol. The first-order valence-electron chi connectivity index (χ1n) is 5.08. The normalized spacial score (nSPS) is 9.88. The summed E-state index contributed by atoms with van der Waals surface area (Å²) in [5.41, 5.74) is 2.56. The zero-order valence-electron chi connectivity index (χ0n) is 8.96. The lowest BCUT2D eigenvalue weighted by Gasteiger charge is -2.04. The summed E-state index contributed by atoms with van der Waals surface area (Å²) in [4.78, 5) is 21.2. The quantitative estimate of drug-likeness (QED) is 0.818. The largest absolute Gasteiger partial charge is 0.507 e. The average Bonchev–Trinajstić information content (AvgIpc) is 2.39. The molecule has 2 aromatic rings. The zero-order valence-corrected chi connectivity index (χ0v) is 8.96. The van der Waals surface area contributed by atoms with Crippen molar-refractivity contribution in [3.05, 3.63) is 53.6 Å². The second-order valence-electron chi connectivity index (χ2n) is 3.63. The molecule has 0 fully saturated rings. The van der Waals surface area contributed by atoms with Gasteiger partial charge in [-0.2, -0.15) is 0 Å². The lowest BCUT2D eigenvalue weighted by atomic mass is 10.0. The maximum Gasteiger partial charge on any atom is 0.153 e. The topological polar surface area (TPSA) is 54.4 Å². The molecule has 0 aliphatic heterocycles. The van der Waals surface area contributed by atoms with Crippen LogP contribution in [-0.2, 0) is 0 Å². The van der Waals surface area contributed by atoms with Gasteiger partial charge in [-0.3, -0.25) is 9.59 Å². The third-order valence-corrected chi connectivity index (χ3v) is 2.53. The highest BCUT2D eigenvalue weighted by Gasteiger charge is 2.03. The van der Waals surface area contributed by atoms with E-state index in [-0.39, 0.29) is 11.3 Å². The van der Waals surface area contributed by atoms with Crippen molar-refractivity contribution in [1.82, 2.24) is 0 Å². The molecule has 17 heavy (non-hydrogen) atoms. The molecular formula is C14H10O3. The molecule has 0 spiro atoms. The molecule has 0 atom stereocenters. The number of hydrogen-bond acceptors (Lipinski definition) is 3. The number of aromatic hydroxyl groups is 1. The Kier molecular flexibility index (Phi) is 3.01. The summed E-state index contributed by atoms with van der Waals surface area (Å²) in [5, 5.41) is 9.39. The second-order valence-corrected chi connectivity index (χ2v) is 3.63. The van der Waals surface area contributed by atoms with Gasteiger partial charge in [-0.15, -0.1) is 0 Å². The highest BCUT2D eigenvalue weighted by molar-refractivity contribution is 5.83. The Morgan fingerprint density at radius 2 is 1.47 bits per heavy atom. The standard InChI is InChI=1S/C14H10O3/c15-8-10-1-3-11(4-2-10)12-5-6-14(17)13(7-12)9-16/h1-9,17H. The fourth-order valence-electron chi connectivity index (χ4n) is 1.58. The van der Waals surface area contributed by atoms with Gasteiger partial charge in [0.1, 0.15) is 12.0 Å². The molecule has 0 amide bonds. The SMILES string of the molecule is O=Cc1ccc(-c2ccc(O)c(C=O)c2)cc1. The van der Waals surface area contributed by atoms with Crippen molar-refractivity contribution < 1.29 is 14.7 Å². The first-order chi connectivity index (χ1) is 8.24. The van der Waals surface area contributed by atoms with E-state index in [1.54, 1.807) is 36.4 Å². The van der Waals surface area contributed by atoms with Crippen LogP contribution in [0.3, 0.4) is 0 Å². The van der Waals surface area contributed by atoms with Gasteiger partial charge in [0.05, 0.1) is 5.56 Å². The van der Waals surface area contributed by atoms with E-state index in [1.807, 2.05) is 0 Å². The summed E-state index contributed by atoms with van der Waals surface area (Å²) in [7, 11) is 0. The van der Waals surface area contributed by atoms with E-state index in [0.29, 0.717) is 11.8 Å². The number of carbonyl (C=O) groups excluding carboxylic acids is 2. The third kappa shape index (κ3) is 2.23. The Morgan fingerprint density at radius 3 is 2.06 bits per heavy atom. The minimum atomic E-state index is -0.0340. The van der Waals surface area contributed by atoms with Crippen molar-refractivity contribution in [1.29, 1.82) is 0 Å². The molecule has 0 radical (unpaired) electrons. The molecule has 0 aliphatic rings. The smallest absolute Gasteiger partial charge is 0.153 e. The molecule has 0 aliphatic carbocycles. The van der Waals surface area contributed by atoms with Gasteiger partial charge in [-0.25, -0.2) is 0 Å². The van der Waals surface area contributed by atoms with Crippen LogP contribution in [0.2, 0.25) is 0 Å². The number of carbonyl (C=O) groups is 2. The molecule has 3 nitrogen and oxygen atoms in total. The predicted octanol–water partition coefficient (Wildman–Crippen LogP) is 2.68. The van der Waals surface area contributed by atoms with E-state index in [1.165, 1.54) is 6.07 Å². The highest BCUT2D eigenvalue weighted by Crippen LogP contribution is 2.25. The Morgan fingerprint density at radius 1 is 0.824 bits per heavy atom. The van der Waals surface area contributed by atoms with Crippen LogP contribution in [0.25, 0.3) is 11.1 Å². The molecule has 0 saturated heterocycles. The first kappa shape index (κ1) is 11.1. The Labute approximate surface area is 98.3 Å².